The molecule has 22 heavy (non-hydrogen) atoms. The van der Waals surface area contributed by atoms with Crippen LogP contribution in [-0.2, 0) is 0 Å². The van der Waals surface area contributed by atoms with Gasteiger partial charge in [0.05, 0.1) is 9.88 Å². The van der Waals surface area contributed by atoms with Gasteiger partial charge in [0, 0.05) is 10.2 Å². The van der Waals surface area contributed by atoms with Gasteiger partial charge in [-0.05, 0) is 30.7 Å². The summed E-state index contributed by atoms with van der Waals surface area (Å²) in [5.41, 5.74) is 2.21. The Morgan fingerprint density at radius 3 is 2.64 bits per heavy atom. The van der Waals surface area contributed by atoms with Crippen LogP contribution in [0, 0.1) is 6.92 Å². The molecule has 0 unspecified atom stereocenters. The minimum absolute atomic E-state index is 0.193. The zero-order valence-electron chi connectivity index (χ0n) is 11.8. The maximum absolute atomic E-state index is 12.6. The minimum atomic E-state index is -0.193. The molecule has 0 aliphatic rings. The topological polar surface area (TPSA) is 42.0 Å². The number of benzene rings is 2. The van der Waals surface area contributed by atoms with Gasteiger partial charge in [-0.1, -0.05) is 52.3 Å². The molecule has 0 saturated carbocycles. The van der Waals surface area contributed by atoms with Crippen molar-refractivity contribution in [3.05, 3.63) is 69.8 Å². The van der Waals surface area contributed by atoms with Gasteiger partial charge in [-0.25, -0.2) is 4.98 Å². The Labute approximate surface area is 141 Å². The number of nitrogens with zero attached hydrogens (tertiary/aromatic N) is 1. The van der Waals surface area contributed by atoms with Crippen LogP contribution in [0.5, 0.6) is 0 Å². The van der Waals surface area contributed by atoms with Gasteiger partial charge >= 0.3 is 0 Å². The Kier molecular flexibility index (Phi) is 4.36. The van der Waals surface area contributed by atoms with Crippen LogP contribution in [-0.4, -0.2) is 10.9 Å². The molecule has 0 radical (unpaired) electrons. The summed E-state index contributed by atoms with van der Waals surface area (Å²) in [5, 5.41) is 3.77. The van der Waals surface area contributed by atoms with E-state index in [0.29, 0.717) is 5.69 Å². The van der Waals surface area contributed by atoms with Gasteiger partial charge in [0.2, 0.25) is 0 Å². The van der Waals surface area contributed by atoms with Crippen LogP contribution in [0.1, 0.15) is 15.5 Å². The average molecular weight is 373 g/mol. The number of halogens is 1. The highest BCUT2D eigenvalue weighted by molar-refractivity contribution is 9.10. The van der Waals surface area contributed by atoms with Gasteiger partial charge in [-0.15, -0.1) is 11.3 Å². The molecule has 3 rings (SSSR count). The summed E-state index contributed by atoms with van der Waals surface area (Å²) in [6.07, 6.45) is 0. The lowest BCUT2D eigenvalue weighted by Gasteiger charge is -2.05. The molecular formula is C17H13BrN2OS. The summed E-state index contributed by atoms with van der Waals surface area (Å²) in [6.45, 7) is 1.91. The van der Waals surface area contributed by atoms with E-state index in [0.717, 1.165) is 25.6 Å². The van der Waals surface area contributed by atoms with Crippen molar-refractivity contribution in [3.8, 4) is 10.4 Å². The van der Waals surface area contributed by atoms with E-state index in [4.69, 9.17) is 0 Å². The smallest absolute Gasteiger partial charge is 0.275 e. The van der Waals surface area contributed by atoms with Crippen molar-refractivity contribution < 1.29 is 4.79 Å². The third kappa shape index (κ3) is 3.26. The number of hydrogen-bond donors (Lipinski definition) is 1. The second kappa shape index (κ2) is 6.42. The largest absolute Gasteiger partial charge is 0.321 e. The van der Waals surface area contributed by atoms with Crippen LogP contribution in [0.2, 0.25) is 0 Å². The number of carbonyl (C=O) groups excluding carboxylic acids is 1. The molecule has 110 valence electrons. The molecule has 0 bridgehead atoms. The minimum Gasteiger partial charge on any atom is -0.321 e. The van der Waals surface area contributed by atoms with E-state index in [1.165, 1.54) is 11.3 Å². The second-order valence-corrected chi connectivity index (χ2v) is 6.86. The number of hydrogen-bond acceptors (Lipinski definition) is 3. The van der Waals surface area contributed by atoms with E-state index < -0.39 is 0 Å². The number of aryl methyl sites for hydroxylation is 1. The summed E-state index contributed by atoms with van der Waals surface area (Å²) in [7, 11) is 0. The number of nitrogens with one attached hydrogen (secondary N) is 1. The zero-order chi connectivity index (χ0) is 15.5. The van der Waals surface area contributed by atoms with E-state index in [2.05, 4.69) is 26.2 Å². The lowest BCUT2D eigenvalue weighted by atomic mass is 10.1. The Morgan fingerprint density at radius 2 is 1.91 bits per heavy atom. The predicted molar refractivity (Wildman–Crippen MR) is 94.4 cm³/mol. The van der Waals surface area contributed by atoms with Crippen LogP contribution < -0.4 is 5.32 Å². The summed E-state index contributed by atoms with van der Waals surface area (Å²) in [4.78, 5) is 17.8. The van der Waals surface area contributed by atoms with E-state index in [-0.39, 0.29) is 5.91 Å². The molecule has 1 heterocycles. The fourth-order valence-corrected chi connectivity index (χ4v) is 3.44. The van der Waals surface area contributed by atoms with E-state index in [1.807, 2.05) is 61.5 Å². The van der Waals surface area contributed by atoms with Crippen molar-refractivity contribution in [2.45, 2.75) is 6.92 Å². The van der Waals surface area contributed by atoms with E-state index >= 15 is 0 Å². The van der Waals surface area contributed by atoms with E-state index in [9.17, 15) is 4.79 Å². The molecule has 1 amide bonds. The first-order valence-corrected chi connectivity index (χ1v) is 8.34. The van der Waals surface area contributed by atoms with Gasteiger partial charge in [-0.3, -0.25) is 4.79 Å². The lowest BCUT2D eigenvalue weighted by molar-refractivity contribution is 0.102. The summed E-state index contributed by atoms with van der Waals surface area (Å²) < 4.78 is 0.919. The van der Waals surface area contributed by atoms with Crippen molar-refractivity contribution >= 4 is 38.9 Å². The molecule has 0 aliphatic carbocycles. The van der Waals surface area contributed by atoms with Crippen LogP contribution in [0.25, 0.3) is 10.4 Å². The number of anilines is 1. The number of thiazole rings is 1. The monoisotopic (exact) mass is 372 g/mol. The molecule has 0 saturated heterocycles. The highest BCUT2D eigenvalue weighted by atomic mass is 79.9. The van der Waals surface area contributed by atoms with Crippen molar-refractivity contribution in [1.29, 1.82) is 0 Å². The molecule has 1 N–H and O–H groups in total. The molecule has 5 heteroatoms. The Morgan fingerprint density at radius 1 is 1.14 bits per heavy atom. The molecular weight excluding hydrogens is 360 g/mol. The van der Waals surface area contributed by atoms with Crippen molar-refractivity contribution in [2.75, 3.05) is 5.32 Å². The Hall–Kier alpha value is -1.98. The fraction of sp³-hybridized carbons (Fsp3) is 0.0588. The van der Waals surface area contributed by atoms with Crippen LogP contribution in [0.15, 0.2) is 59.1 Å². The first-order valence-electron chi connectivity index (χ1n) is 6.73. The zero-order valence-corrected chi connectivity index (χ0v) is 14.2. The highest BCUT2D eigenvalue weighted by Gasteiger charge is 2.18. The molecule has 0 fully saturated rings. The van der Waals surface area contributed by atoms with Gasteiger partial charge in [0.25, 0.3) is 5.91 Å². The van der Waals surface area contributed by atoms with Gasteiger partial charge in [0.1, 0.15) is 5.69 Å². The Balaban J connectivity index is 1.93. The summed E-state index contributed by atoms with van der Waals surface area (Å²) >= 11 is 4.93. The summed E-state index contributed by atoms with van der Waals surface area (Å²) in [6, 6.07) is 17.4. The van der Waals surface area contributed by atoms with Crippen LogP contribution in [0.3, 0.4) is 0 Å². The second-order valence-electron chi connectivity index (χ2n) is 4.74. The molecule has 0 aliphatic heterocycles. The summed E-state index contributed by atoms with van der Waals surface area (Å²) in [5.74, 6) is -0.193. The third-order valence-corrected chi connectivity index (χ3v) is 4.58. The normalized spacial score (nSPS) is 10.5. The standard InChI is InChI=1S/C17H13BrN2OS/c1-11-19-15(16(22-11)12-6-3-2-4-7-12)17(21)20-14-9-5-8-13(18)10-14/h2-10H,1H3,(H,20,21). The number of aromatic nitrogens is 1. The Bertz CT molecular complexity index is 815. The van der Waals surface area contributed by atoms with Crippen molar-refractivity contribution in [2.24, 2.45) is 0 Å². The molecule has 0 spiro atoms. The molecule has 3 aromatic rings. The first-order chi connectivity index (χ1) is 10.6. The maximum Gasteiger partial charge on any atom is 0.275 e. The fourth-order valence-electron chi connectivity index (χ4n) is 2.12. The maximum atomic E-state index is 12.6. The molecule has 1 aromatic heterocycles. The SMILES string of the molecule is Cc1nc(C(=O)Nc2cccc(Br)c2)c(-c2ccccc2)s1. The first kappa shape index (κ1) is 14.9. The molecule has 0 atom stereocenters. The van der Waals surface area contributed by atoms with Crippen LogP contribution >= 0.6 is 27.3 Å². The highest BCUT2D eigenvalue weighted by Crippen LogP contribution is 2.30. The van der Waals surface area contributed by atoms with Crippen LogP contribution in [0.4, 0.5) is 5.69 Å². The van der Waals surface area contributed by atoms with Crippen molar-refractivity contribution in [1.82, 2.24) is 4.98 Å². The molecule has 2 aromatic carbocycles. The van der Waals surface area contributed by atoms with E-state index in [1.54, 1.807) is 0 Å². The molecule has 3 nitrogen and oxygen atoms in total. The quantitative estimate of drug-likeness (QED) is 0.691. The average Bonchev–Trinajstić information content (AvgIpc) is 2.90. The predicted octanol–water partition coefficient (Wildman–Crippen LogP) is 5.13. The van der Waals surface area contributed by atoms with Gasteiger partial charge in [0.15, 0.2) is 0 Å². The third-order valence-electron chi connectivity index (χ3n) is 3.07. The number of amides is 1. The van der Waals surface area contributed by atoms with Crippen molar-refractivity contribution in [3.63, 3.8) is 0 Å². The number of rotatable bonds is 3. The lowest BCUT2D eigenvalue weighted by Crippen LogP contribution is -2.13. The number of carbonyl (C=O) groups is 1. The van der Waals surface area contributed by atoms with Gasteiger partial charge in [-0.2, -0.15) is 0 Å². The van der Waals surface area contributed by atoms with Gasteiger partial charge < -0.3 is 5.32 Å².